The van der Waals surface area contributed by atoms with Crippen molar-refractivity contribution in [2.45, 2.75) is 239 Å². The number of ether oxygens (including phenoxy) is 3. The molecular weight excluding hydrogens is 560 g/mol. The molecule has 5 heteroatoms. The summed E-state index contributed by atoms with van der Waals surface area (Å²) in [6.07, 6.45) is 35.9. The Morgan fingerprint density at radius 1 is 0.444 bits per heavy atom. The molecule has 0 aliphatic rings. The van der Waals surface area contributed by atoms with E-state index in [4.69, 9.17) is 14.2 Å². The van der Waals surface area contributed by atoms with Crippen molar-refractivity contribution in [1.82, 2.24) is 0 Å². The topological polar surface area (TPSA) is 61.8 Å². The molecule has 0 amide bonds. The first-order chi connectivity index (χ1) is 22.0. The molecule has 268 valence electrons. The summed E-state index contributed by atoms with van der Waals surface area (Å²) in [5.41, 5.74) is 0. The van der Waals surface area contributed by atoms with Gasteiger partial charge in [-0.05, 0) is 32.6 Å². The Morgan fingerprint density at radius 3 is 1.20 bits per heavy atom. The molecule has 0 aromatic carbocycles. The van der Waals surface area contributed by atoms with Gasteiger partial charge in [-0.3, -0.25) is 4.79 Å². The third-order valence-electron chi connectivity index (χ3n) is 8.97. The van der Waals surface area contributed by atoms with Crippen LogP contribution < -0.4 is 0 Å². The van der Waals surface area contributed by atoms with E-state index in [2.05, 4.69) is 20.8 Å². The van der Waals surface area contributed by atoms with Gasteiger partial charge in [-0.1, -0.05) is 188 Å². The molecule has 0 rings (SSSR count). The first kappa shape index (κ1) is 43.9. The molecule has 2 unspecified atom stereocenters. The minimum atomic E-state index is -0.825. The van der Waals surface area contributed by atoms with E-state index in [1.807, 2.05) is 0 Å². The van der Waals surface area contributed by atoms with E-state index < -0.39 is 18.4 Å². The number of esters is 2. The highest BCUT2D eigenvalue weighted by molar-refractivity contribution is 5.79. The van der Waals surface area contributed by atoms with Crippen LogP contribution in [0.1, 0.15) is 227 Å². The molecule has 45 heavy (non-hydrogen) atoms. The predicted molar refractivity (Wildman–Crippen MR) is 192 cm³/mol. The Labute approximate surface area is 281 Å². The van der Waals surface area contributed by atoms with Gasteiger partial charge in [-0.2, -0.15) is 0 Å². The lowest BCUT2D eigenvalue weighted by atomic mass is 10.0. The van der Waals surface area contributed by atoms with Gasteiger partial charge in [0.25, 0.3) is 0 Å². The van der Waals surface area contributed by atoms with Crippen LogP contribution in [0.5, 0.6) is 0 Å². The maximum Gasteiger partial charge on any atom is 0.349 e. The summed E-state index contributed by atoms with van der Waals surface area (Å²) < 4.78 is 16.8. The second-order valence-electron chi connectivity index (χ2n) is 13.6. The van der Waals surface area contributed by atoms with Crippen LogP contribution in [0, 0.1) is 0 Å². The van der Waals surface area contributed by atoms with Gasteiger partial charge in [-0.15, -0.1) is 0 Å². The van der Waals surface area contributed by atoms with E-state index in [1.165, 1.54) is 148 Å². The fourth-order valence-corrected chi connectivity index (χ4v) is 5.92. The zero-order chi connectivity index (χ0) is 33.1. The maximum atomic E-state index is 12.9. The van der Waals surface area contributed by atoms with Crippen LogP contribution in [0.15, 0.2) is 0 Å². The highest BCUT2D eigenvalue weighted by atomic mass is 16.7. The van der Waals surface area contributed by atoms with E-state index in [0.29, 0.717) is 19.4 Å². The van der Waals surface area contributed by atoms with Gasteiger partial charge in [0, 0.05) is 6.42 Å². The molecule has 0 N–H and O–H groups in total. The lowest BCUT2D eigenvalue weighted by molar-refractivity contribution is -0.190. The van der Waals surface area contributed by atoms with E-state index >= 15 is 0 Å². The average Bonchev–Trinajstić information content (AvgIpc) is 3.02. The van der Waals surface area contributed by atoms with Crippen molar-refractivity contribution in [3.05, 3.63) is 0 Å². The first-order valence-corrected chi connectivity index (χ1v) is 20.1. The summed E-state index contributed by atoms with van der Waals surface area (Å²) in [7, 11) is 0. The third-order valence-corrected chi connectivity index (χ3v) is 8.97. The second kappa shape index (κ2) is 35.7. The minimum Gasteiger partial charge on any atom is -0.450 e. The van der Waals surface area contributed by atoms with Crippen molar-refractivity contribution in [2.24, 2.45) is 0 Å². The summed E-state index contributed by atoms with van der Waals surface area (Å²) in [5, 5.41) is 0. The molecule has 0 fully saturated rings. The Balaban J connectivity index is 4.16. The van der Waals surface area contributed by atoms with Gasteiger partial charge >= 0.3 is 11.9 Å². The number of unbranched alkanes of at least 4 members (excludes halogenated alkanes) is 26. The van der Waals surface area contributed by atoms with E-state index in [9.17, 15) is 9.59 Å². The molecule has 0 aromatic rings. The van der Waals surface area contributed by atoms with Crippen LogP contribution >= 0.6 is 0 Å². The lowest BCUT2D eigenvalue weighted by Gasteiger charge is -2.20. The molecular formula is C40H78O5. The second-order valence-corrected chi connectivity index (χ2v) is 13.6. The minimum absolute atomic E-state index is 0.273. The van der Waals surface area contributed by atoms with E-state index in [0.717, 1.165) is 38.5 Å². The largest absolute Gasteiger partial charge is 0.450 e. The summed E-state index contributed by atoms with van der Waals surface area (Å²) >= 11 is 0. The lowest BCUT2D eigenvalue weighted by Crippen LogP contribution is -2.32. The monoisotopic (exact) mass is 639 g/mol. The zero-order valence-electron chi connectivity index (χ0n) is 30.8. The van der Waals surface area contributed by atoms with Crippen molar-refractivity contribution < 1.29 is 23.8 Å². The molecule has 0 radical (unpaired) electrons. The quantitative estimate of drug-likeness (QED) is 0.0388. The number of hydrogen-bond acceptors (Lipinski definition) is 5. The predicted octanol–water partition coefficient (Wildman–Crippen LogP) is 13.0. The van der Waals surface area contributed by atoms with E-state index in [1.54, 1.807) is 6.92 Å². The first-order valence-electron chi connectivity index (χ1n) is 20.1. The SMILES string of the molecule is CCCCCCCCCCCCCCCCC(OC(=O)CCCCCCCCCCCCCCC)C(=O)OC(C)OCCCC. The van der Waals surface area contributed by atoms with Gasteiger partial charge in [0.05, 0.1) is 6.61 Å². The summed E-state index contributed by atoms with van der Waals surface area (Å²) in [4.78, 5) is 25.5. The van der Waals surface area contributed by atoms with Crippen LogP contribution in [-0.4, -0.2) is 30.9 Å². The smallest absolute Gasteiger partial charge is 0.349 e. The van der Waals surface area contributed by atoms with Crippen molar-refractivity contribution in [1.29, 1.82) is 0 Å². The number of carbonyl (C=O) groups is 2. The molecule has 0 heterocycles. The normalized spacial score (nSPS) is 12.7. The van der Waals surface area contributed by atoms with Crippen molar-refractivity contribution >= 4 is 11.9 Å². The van der Waals surface area contributed by atoms with Gasteiger partial charge in [-0.25, -0.2) is 4.79 Å². The molecule has 0 aromatic heterocycles. The number of rotatable bonds is 36. The Bertz CT molecular complexity index is 622. The van der Waals surface area contributed by atoms with Gasteiger partial charge in [0.2, 0.25) is 0 Å². The van der Waals surface area contributed by atoms with Crippen LogP contribution in [-0.2, 0) is 23.8 Å². The number of hydrogen-bond donors (Lipinski definition) is 0. The van der Waals surface area contributed by atoms with Gasteiger partial charge < -0.3 is 14.2 Å². The highest BCUT2D eigenvalue weighted by Gasteiger charge is 2.26. The molecule has 0 spiro atoms. The van der Waals surface area contributed by atoms with Crippen LogP contribution in [0.2, 0.25) is 0 Å². The van der Waals surface area contributed by atoms with Gasteiger partial charge in [0.1, 0.15) is 0 Å². The molecule has 0 saturated heterocycles. The summed E-state index contributed by atoms with van der Waals surface area (Å²) in [6.45, 7) is 8.95. The fraction of sp³-hybridized carbons (Fsp3) is 0.950. The van der Waals surface area contributed by atoms with E-state index in [-0.39, 0.29) is 5.97 Å². The number of carbonyl (C=O) groups excluding carboxylic acids is 2. The molecule has 0 aliphatic carbocycles. The molecule has 5 nitrogen and oxygen atoms in total. The summed E-state index contributed by atoms with van der Waals surface area (Å²) in [6, 6.07) is 0. The molecule has 0 aliphatic heterocycles. The maximum absolute atomic E-state index is 12.9. The summed E-state index contributed by atoms with van der Waals surface area (Å²) in [5.74, 6) is -0.739. The highest BCUT2D eigenvalue weighted by Crippen LogP contribution is 2.17. The Morgan fingerprint density at radius 2 is 0.800 bits per heavy atom. The third kappa shape index (κ3) is 32.6. The molecule has 0 bridgehead atoms. The Hall–Kier alpha value is -1.10. The standard InChI is InChI=1S/C40H78O5/c1-5-8-11-13-15-17-19-21-23-24-26-28-30-32-34-38(40(42)44-37(4)43-36-10-7-3)45-39(41)35-33-31-29-27-25-22-20-18-16-14-12-9-6-2/h37-38H,5-36H2,1-4H3. The molecule has 2 atom stereocenters. The fourth-order valence-electron chi connectivity index (χ4n) is 5.92. The average molecular weight is 639 g/mol. The van der Waals surface area contributed by atoms with Crippen LogP contribution in [0.3, 0.4) is 0 Å². The van der Waals surface area contributed by atoms with Crippen LogP contribution in [0.4, 0.5) is 0 Å². The zero-order valence-corrected chi connectivity index (χ0v) is 30.8. The Kier molecular flexibility index (Phi) is 34.9. The van der Waals surface area contributed by atoms with Crippen molar-refractivity contribution in [3.8, 4) is 0 Å². The van der Waals surface area contributed by atoms with Gasteiger partial charge in [0.15, 0.2) is 12.4 Å². The molecule has 0 saturated carbocycles. The van der Waals surface area contributed by atoms with Crippen molar-refractivity contribution in [3.63, 3.8) is 0 Å². The van der Waals surface area contributed by atoms with Crippen molar-refractivity contribution in [2.75, 3.05) is 6.61 Å². The van der Waals surface area contributed by atoms with Crippen LogP contribution in [0.25, 0.3) is 0 Å².